The second-order valence-electron chi connectivity index (χ2n) is 9.14. The lowest BCUT2D eigenvalue weighted by Crippen LogP contribution is -2.52. The standard InChI is InChI=1S/C24H23ClF3N3O3S/c1-22(2,16-10-15(4-5-19(16)32)30-8-3-7-29-14-30)12-23(34,24(26,27)28)13-31-11-17(25)20(33)21-18(31)6-9-35-21/h3-11,32,34H,12-14H2,1-2H3. The number of alkyl halides is 3. The van der Waals surface area contributed by atoms with Crippen LogP contribution in [0, 0.1) is 0 Å². The SMILES string of the molecule is CC(C)(CC(O)(Cn1cc(Cl)c(=O)c2sccc21)C(F)(F)F)c1cc(N2C=CC=NC2)ccc1O. The van der Waals surface area contributed by atoms with E-state index < -0.39 is 35.6 Å². The molecule has 0 saturated carbocycles. The number of thiophene rings is 1. The monoisotopic (exact) mass is 525 g/mol. The first kappa shape index (κ1) is 25.3. The molecule has 0 aliphatic carbocycles. The number of halogens is 4. The van der Waals surface area contributed by atoms with Crippen LogP contribution in [-0.4, -0.2) is 39.4 Å². The van der Waals surface area contributed by atoms with Gasteiger partial charge in [0.15, 0.2) is 5.60 Å². The summed E-state index contributed by atoms with van der Waals surface area (Å²) in [5.74, 6) is -0.181. The highest BCUT2D eigenvalue weighted by atomic mass is 35.5. The summed E-state index contributed by atoms with van der Waals surface area (Å²) in [6, 6.07) is 6.18. The molecule has 0 fully saturated rings. The van der Waals surface area contributed by atoms with Crippen molar-refractivity contribution in [3.8, 4) is 5.75 Å². The summed E-state index contributed by atoms with van der Waals surface area (Å²) >= 11 is 7.06. The van der Waals surface area contributed by atoms with E-state index in [-0.39, 0.29) is 26.6 Å². The van der Waals surface area contributed by atoms with Gasteiger partial charge in [-0.2, -0.15) is 13.2 Å². The van der Waals surface area contributed by atoms with Crippen LogP contribution in [0.4, 0.5) is 18.9 Å². The van der Waals surface area contributed by atoms with E-state index >= 15 is 0 Å². The molecule has 0 radical (unpaired) electrons. The number of aromatic hydroxyl groups is 1. The second kappa shape index (κ2) is 9.00. The fourth-order valence-electron chi connectivity index (χ4n) is 4.35. The Morgan fingerprint density at radius 2 is 1.97 bits per heavy atom. The van der Waals surface area contributed by atoms with E-state index in [4.69, 9.17) is 11.6 Å². The molecule has 0 spiro atoms. The van der Waals surface area contributed by atoms with Crippen molar-refractivity contribution in [2.45, 2.75) is 44.0 Å². The molecule has 186 valence electrons. The van der Waals surface area contributed by atoms with Crippen LogP contribution in [-0.2, 0) is 12.0 Å². The van der Waals surface area contributed by atoms with Gasteiger partial charge in [-0.25, -0.2) is 0 Å². The van der Waals surface area contributed by atoms with E-state index in [1.165, 1.54) is 26.0 Å². The van der Waals surface area contributed by atoms with Crippen LogP contribution < -0.4 is 10.3 Å². The van der Waals surface area contributed by atoms with Crippen molar-refractivity contribution in [1.29, 1.82) is 0 Å². The summed E-state index contributed by atoms with van der Waals surface area (Å²) in [6.07, 6.45) is 0.477. The van der Waals surface area contributed by atoms with Crippen LogP contribution in [0.1, 0.15) is 25.8 Å². The highest BCUT2D eigenvalue weighted by molar-refractivity contribution is 7.17. The summed E-state index contributed by atoms with van der Waals surface area (Å²) in [7, 11) is 0. The Labute approximate surface area is 208 Å². The highest BCUT2D eigenvalue weighted by Gasteiger charge is 2.56. The zero-order chi connectivity index (χ0) is 25.6. The van der Waals surface area contributed by atoms with Gasteiger partial charge in [-0.15, -0.1) is 11.3 Å². The molecular weight excluding hydrogens is 503 g/mol. The lowest BCUT2D eigenvalue weighted by Gasteiger charge is -2.39. The third-order valence-electron chi connectivity index (χ3n) is 6.07. The first-order chi connectivity index (χ1) is 16.3. The zero-order valence-electron chi connectivity index (χ0n) is 18.9. The van der Waals surface area contributed by atoms with Gasteiger partial charge in [-0.1, -0.05) is 25.4 Å². The van der Waals surface area contributed by atoms with Gasteiger partial charge in [-0.05, 0) is 47.6 Å². The number of pyridine rings is 1. The minimum absolute atomic E-state index is 0.181. The minimum atomic E-state index is -5.01. The first-order valence-electron chi connectivity index (χ1n) is 10.6. The Morgan fingerprint density at radius 1 is 1.23 bits per heavy atom. The number of allylic oxidation sites excluding steroid dienone is 1. The molecule has 1 aliphatic heterocycles. The molecule has 2 aromatic heterocycles. The number of rotatable bonds is 6. The summed E-state index contributed by atoms with van der Waals surface area (Å²) in [5.41, 5.74) is -3.82. The van der Waals surface area contributed by atoms with Gasteiger partial charge >= 0.3 is 6.18 Å². The Kier molecular flexibility index (Phi) is 6.50. The van der Waals surface area contributed by atoms with Crippen LogP contribution >= 0.6 is 22.9 Å². The van der Waals surface area contributed by atoms with Crippen molar-refractivity contribution in [3.05, 3.63) is 68.9 Å². The Bertz CT molecular complexity index is 1380. The average molecular weight is 526 g/mol. The van der Waals surface area contributed by atoms with Gasteiger partial charge in [0.25, 0.3) is 0 Å². The van der Waals surface area contributed by atoms with Gasteiger partial charge in [0.2, 0.25) is 5.43 Å². The molecule has 0 saturated heterocycles. The Hall–Kier alpha value is -2.82. The number of aromatic nitrogens is 1. The van der Waals surface area contributed by atoms with E-state index in [1.54, 1.807) is 40.9 Å². The number of anilines is 1. The molecule has 0 bridgehead atoms. The number of nitrogens with zero attached hydrogens (tertiary/aromatic N) is 3. The molecule has 4 rings (SSSR count). The molecular formula is C24H23ClF3N3O3S. The number of hydrogen-bond donors (Lipinski definition) is 2. The van der Waals surface area contributed by atoms with Gasteiger partial charge in [-0.3, -0.25) is 9.79 Å². The van der Waals surface area contributed by atoms with Crippen molar-refractivity contribution < 1.29 is 23.4 Å². The maximum absolute atomic E-state index is 14.4. The maximum Gasteiger partial charge on any atom is 0.418 e. The van der Waals surface area contributed by atoms with Gasteiger partial charge < -0.3 is 19.7 Å². The van der Waals surface area contributed by atoms with Crippen LogP contribution in [0.15, 0.2) is 57.9 Å². The summed E-state index contributed by atoms with van der Waals surface area (Å²) in [5, 5.41) is 23.0. The number of aliphatic hydroxyl groups is 1. The van der Waals surface area contributed by atoms with E-state index in [9.17, 15) is 28.2 Å². The van der Waals surface area contributed by atoms with E-state index in [0.717, 1.165) is 22.1 Å². The number of fused-ring (bicyclic) bond motifs is 1. The van der Waals surface area contributed by atoms with Crippen molar-refractivity contribution in [1.82, 2.24) is 4.57 Å². The van der Waals surface area contributed by atoms with Crippen molar-refractivity contribution in [3.63, 3.8) is 0 Å². The van der Waals surface area contributed by atoms with Crippen molar-refractivity contribution in [2.24, 2.45) is 4.99 Å². The van der Waals surface area contributed by atoms with Crippen LogP contribution in [0.3, 0.4) is 0 Å². The van der Waals surface area contributed by atoms with E-state index in [1.807, 2.05) is 0 Å². The predicted octanol–water partition coefficient (Wildman–Crippen LogP) is 5.45. The van der Waals surface area contributed by atoms with Crippen LogP contribution in [0.5, 0.6) is 5.75 Å². The summed E-state index contributed by atoms with van der Waals surface area (Å²) < 4.78 is 44.5. The molecule has 0 amide bonds. The molecule has 3 heterocycles. The Morgan fingerprint density at radius 3 is 2.63 bits per heavy atom. The molecule has 3 aromatic rings. The quantitative estimate of drug-likeness (QED) is 0.449. The second-order valence-corrected chi connectivity index (χ2v) is 10.5. The van der Waals surface area contributed by atoms with Crippen molar-refractivity contribution >= 4 is 45.1 Å². The maximum atomic E-state index is 14.4. The van der Waals surface area contributed by atoms with E-state index in [0.29, 0.717) is 12.4 Å². The third-order valence-corrected chi connectivity index (χ3v) is 7.24. The highest BCUT2D eigenvalue weighted by Crippen LogP contribution is 2.45. The molecule has 35 heavy (non-hydrogen) atoms. The summed E-state index contributed by atoms with van der Waals surface area (Å²) in [6.45, 7) is 2.52. The van der Waals surface area contributed by atoms with Gasteiger partial charge in [0.05, 0.1) is 16.8 Å². The molecule has 1 aromatic carbocycles. The average Bonchev–Trinajstić information content (AvgIpc) is 3.27. The molecule has 2 N–H and O–H groups in total. The minimum Gasteiger partial charge on any atom is -0.508 e. The lowest BCUT2D eigenvalue weighted by molar-refractivity contribution is -0.271. The number of phenols is 1. The molecule has 6 nitrogen and oxygen atoms in total. The predicted molar refractivity (Wildman–Crippen MR) is 133 cm³/mol. The number of hydrogen-bond acceptors (Lipinski definition) is 6. The smallest absolute Gasteiger partial charge is 0.418 e. The topological polar surface area (TPSA) is 78.1 Å². The number of benzene rings is 1. The van der Waals surface area contributed by atoms with E-state index in [2.05, 4.69) is 4.99 Å². The fourth-order valence-corrected chi connectivity index (χ4v) is 5.48. The fraction of sp³-hybridized carbons (Fsp3) is 0.333. The van der Waals surface area contributed by atoms with Crippen LogP contribution in [0.2, 0.25) is 5.02 Å². The van der Waals surface area contributed by atoms with Gasteiger partial charge in [0.1, 0.15) is 17.4 Å². The molecule has 1 unspecified atom stereocenters. The van der Waals surface area contributed by atoms with Crippen molar-refractivity contribution in [2.75, 3.05) is 11.6 Å². The van der Waals surface area contributed by atoms with Crippen LogP contribution in [0.25, 0.3) is 10.2 Å². The first-order valence-corrected chi connectivity index (χ1v) is 11.9. The Balaban J connectivity index is 1.73. The number of aliphatic imine (C=N–C) groups is 1. The molecule has 1 atom stereocenters. The normalized spacial score (nSPS) is 16.1. The lowest BCUT2D eigenvalue weighted by atomic mass is 9.74. The largest absolute Gasteiger partial charge is 0.508 e. The molecule has 1 aliphatic rings. The molecule has 11 heteroatoms. The zero-order valence-corrected chi connectivity index (χ0v) is 20.5. The van der Waals surface area contributed by atoms with Gasteiger partial charge in [0, 0.05) is 29.9 Å². The number of phenolic OH excluding ortho intramolecular Hbond substituents is 1. The third kappa shape index (κ3) is 4.82. The summed E-state index contributed by atoms with van der Waals surface area (Å²) in [4.78, 5) is 18.2.